The third-order valence-electron chi connectivity index (χ3n) is 4.38. The van der Waals surface area contributed by atoms with E-state index in [4.69, 9.17) is 0 Å². The summed E-state index contributed by atoms with van der Waals surface area (Å²) in [7, 11) is 0. The normalized spacial score (nSPS) is 15.3. The molecule has 7 nitrogen and oxygen atoms in total. The van der Waals surface area contributed by atoms with Gasteiger partial charge < -0.3 is 10.2 Å². The van der Waals surface area contributed by atoms with E-state index < -0.39 is 0 Å². The number of likely N-dealkylation sites (tertiary alicyclic amines) is 1. The third-order valence-corrected chi connectivity index (χ3v) is 4.38. The van der Waals surface area contributed by atoms with E-state index in [0.29, 0.717) is 24.3 Å². The fourth-order valence-corrected chi connectivity index (χ4v) is 3.00. The molecule has 0 saturated carbocycles. The van der Waals surface area contributed by atoms with Gasteiger partial charge in [-0.3, -0.25) is 9.59 Å². The predicted octanol–water partition coefficient (Wildman–Crippen LogP) is 2.03. The van der Waals surface area contributed by atoms with Crippen LogP contribution in [-0.4, -0.2) is 50.8 Å². The molecule has 8 heteroatoms. The Morgan fingerprint density at radius 3 is 2.46 bits per heavy atom. The van der Waals surface area contributed by atoms with E-state index in [9.17, 15) is 14.0 Å². The fourth-order valence-electron chi connectivity index (χ4n) is 3.00. The lowest BCUT2D eigenvalue weighted by molar-refractivity contribution is 0.0689. The minimum atomic E-state index is -0.358. The maximum absolute atomic E-state index is 13.0. The molecule has 0 atom stereocenters. The van der Waals surface area contributed by atoms with Crippen molar-refractivity contribution in [2.75, 3.05) is 13.1 Å². The van der Waals surface area contributed by atoms with E-state index in [1.165, 1.54) is 24.3 Å². The second-order valence-electron chi connectivity index (χ2n) is 6.74. The zero-order valence-corrected chi connectivity index (χ0v) is 14.9. The van der Waals surface area contributed by atoms with Crippen LogP contribution in [0.5, 0.6) is 0 Å². The Labute approximate surface area is 151 Å². The number of piperidine rings is 1. The van der Waals surface area contributed by atoms with Gasteiger partial charge in [-0.15, -0.1) is 5.10 Å². The van der Waals surface area contributed by atoms with Crippen molar-refractivity contribution in [3.63, 3.8) is 0 Å². The third kappa shape index (κ3) is 4.07. The number of hydrogen-bond donors (Lipinski definition) is 1. The summed E-state index contributed by atoms with van der Waals surface area (Å²) in [5.41, 5.74) is 0.779. The fraction of sp³-hybridized carbons (Fsp3) is 0.444. The molecule has 0 bridgehead atoms. The maximum Gasteiger partial charge on any atom is 0.273 e. The Bertz CT molecular complexity index is 779. The predicted molar refractivity (Wildman–Crippen MR) is 93.2 cm³/mol. The second kappa shape index (κ2) is 7.63. The number of hydrogen-bond acceptors (Lipinski definition) is 4. The lowest BCUT2D eigenvalue weighted by atomic mass is 10.0. The highest BCUT2D eigenvalue weighted by Crippen LogP contribution is 2.23. The number of nitrogens with one attached hydrogen (secondary N) is 1. The number of rotatable bonds is 4. The van der Waals surface area contributed by atoms with Crippen molar-refractivity contribution in [1.82, 2.24) is 25.2 Å². The zero-order chi connectivity index (χ0) is 18.7. The van der Waals surface area contributed by atoms with Crippen LogP contribution in [0.25, 0.3) is 0 Å². The van der Waals surface area contributed by atoms with E-state index in [-0.39, 0.29) is 29.7 Å². The van der Waals surface area contributed by atoms with Crippen molar-refractivity contribution in [3.8, 4) is 0 Å². The first kappa shape index (κ1) is 18.0. The Morgan fingerprint density at radius 2 is 1.85 bits per heavy atom. The second-order valence-corrected chi connectivity index (χ2v) is 6.74. The van der Waals surface area contributed by atoms with Crippen LogP contribution in [-0.2, 0) is 0 Å². The van der Waals surface area contributed by atoms with Crippen LogP contribution in [0, 0.1) is 5.82 Å². The van der Waals surface area contributed by atoms with Gasteiger partial charge in [0.25, 0.3) is 11.8 Å². The van der Waals surface area contributed by atoms with Crippen molar-refractivity contribution >= 4 is 11.8 Å². The van der Waals surface area contributed by atoms with Gasteiger partial charge in [-0.1, -0.05) is 5.21 Å². The van der Waals surface area contributed by atoms with Crippen LogP contribution in [0.15, 0.2) is 30.5 Å². The standard InChI is InChI=1S/C18H22FN5O2/c1-12(2)20-17(25)16-11-24(22-21-16)15-7-9-23(10-8-15)18(26)13-3-5-14(19)6-4-13/h3-6,11-12,15H,7-10H2,1-2H3,(H,20,25). The van der Waals surface area contributed by atoms with E-state index in [2.05, 4.69) is 15.6 Å². The van der Waals surface area contributed by atoms with E-state index in [0.717, 1.165) is 12.8 Å². The van der Waals surface area contributed by atoms with Crippen LogP contribution in [0.3, 0.4) is 0 Å². The van der Waals surface area contributed by atoms with E-state index in [1.807, 2.05) is 13.8 Å². The molecule has 1 saturated heterocycles. The van der Waals surface area contributed by atoms with Gasteiger partial charge in [0.1, 0.15) is 5.82 Å². The topological polar surface area (TPSA) is 80.1 Å². The Morgan fingerprint density at radius 1 is 1.19 bits per heavy atom. The molecular formula is C18H22FN5O2. The Balaban J connectivity index is 1.58. The first-order chi connectivity index (χ1) is 12.4. The van der Waals surface area contributed by atoms with Crippen LogP contribution in [0.2, 0.25) is 0 Å². The molecule has 0 radical (unpaired) electrons. The summed E-state index contributed by atoms with van der Waals surface area (Å²) >= 11 is 0. The molecule has 1 aromatic carbocycles. The summed E-state index contributed by atoms with van der Waals surface area (Å²) in [6, 6.07) is 5.72. The molecule has 1 N–H and O–H groups in total. The average molecular weight is 359 g/mol. The molecule has 2 heterocycles. The number of nitrogens with zero attached hydrogens (tertiary/aromatic N) is 4. The van der Waals surface area contributed by atoms with Crippen molar-refractivity contribution in [3.05, 3.63) is 47.5 Å². The monoisotopic (exact) mass is 359 g/mol. The van der Waals surface area contributed by atoms with Gasteiger partial charge in [0.15, 0.2) is 5.69 Å². The minimum Gasteiger partial charge on any atom is -0.348 e. The quantitative estimate of drug-likeness (QED) is 0.906. The molecule has 1 aromatic heterocycles. The van der Waals surface area contributed by atoms with Gasteiger partial charge >= 0.3 is 0 Å². The Hall–Kier alpha value is -2.77. The Kier molecular flexibility index (Phi) is 5.29. The molecular weight excluding hydrogens is 337 g/mol. The van der Waals surface area contributed by atoms with Crippen LogP contribution < -0.4 is 5.32 Å². The molecule has 1 aliphatic heterocycles. The molecule has 2 aromatic rings. The van der Waals surface area contributed by atoms with Gasteiger partial charge in [-0.2, -0.15) is 0 Å². The number of amides is 2. The smallest absolute Gasteiger partial charge is 0.273 e. The van der Waals surface area contributed by atoms with Crippen LogP contribution in [0.1, 0.15) is 53.6 Å². The molecule has 1 fully saturated rings. The number of carbonyl (C=O) groups is 2. The summed E-state index contributed by atoms with van der Waals surface area (Å²) in [5.74, 6) is -0.696. The molecule has 138 valence electrons. The first-order valence-electron chi connectivity index (χ1n) is 8.71. The van der Waals surface area contributed by atoms with Crippen LogP contribution >= 0.6 is 0 Å². The highest BCUT2D eigenvalue weighted by atomic mass is 19.1. The maximum atomic E-state index is 13.0. The summed E-state index contributed by atoms with van der Waals surface area (Å²) in [5, 5.41) is 10.8. The van der Waals surface area contributed by atoms with Gasteiger partial charge in [-0.25, -0.2) is 9.07 Å². The number of halogens is 1. The van der Waals surface area contributed by atoms with Gasteiger partial charge in [0, 0.05) is 24.7 Å². The van der Waals surface area contributed by atoms with Crippen molar-refractivity contribution in [2.45, 2.75) is 38.8 Å². The highest BCUT2D eigenvalue weighted by Gasteiger charge is 2.26. The molecule has 1 aliphatic rings. The van der Waals surface area contributed by atoms with Crippen LogP contribution in [0.4, 0.5) is 4.39 Å². The highest BCUT2D eigenvalue weighted by molar-refractivity contribution is 5.94. The number of aromatic nitrogens is 3. The number of carbonyl (C=O) groups excluding carboxylic acids is 2. The number of benzene rings is 1. The lowest BCUT2D eigenvalue weighted by Crippen LogP contribution is -2.39. The molecule has 0 unspecified atom stereocenters. The summed E-state index contributed by atoms with van der Waals surface area (Å²) in [4.78, 5) is 26.2. The van der Waals surface area contributed by atoms with Crippen molar-refractivity contribution in [1.29, 1.82) is 0 Å². The van der Waals surface area contributed by atoms with E-state index in [1.54, 1.807) is 15.8 Å². The van der Waals surface area contributed by atoms with Crippen molar-refractivity contribution < 1.29 is 14.0 Å². The molecule has 0 spiro atoms. The minimum absolute atomic E-state index is 0.0355. The van der Waals surface area contributed by atoms with Gasteiger partial charge in [0.2, 0.25) is 0 Å². The zero-order valence-electron chi connectivity index (χ0n) is 14.9. The molecule has 3 rings (SSSR count). The van der Waals surface area contributed by atoms with Gasteiger partial charge in [-0.05, 0) is 51.0 Å². The largest absolute Gasteiger partial charge is 0.348 e. The van der Waals surface area contributed by atoms with Crippen molar-refractivity contribution in [2.24, 2.45) is 0 Å². The van der Waals surface area contributed by atoms with E-state index >= 15 is 0 Å². The average Bonchev–Trinajstić information content (AvgIpc) is 3.12. The first-order valence-corrected chi connectivity index (χ1v) is 8.71. The SMILES string of the molecule is CC(C)NC(=O)c1cn(C2CCN(C(=O)c3ccc(F)cc3)CC2)nn1. The summed E-state index contributed by atoms with van der Waals surface area (Å²) in [6.07, 6.45) is 3.10. The molecule has 0 aliphatic carbocycles. The molecule has 26 heavy (non-hydrogen) atoms. The molecule has 2 amide bonds. The lowest BCUT2D eigenvalue weighted by Gasteiger charge is -2.31. The van der Waals surface area contributed by atoms with Gasteiger partial charge in [0.05, 0.1) is 12.2 Å². The summed E-state index contributed by atoms with van der Waals surface area (Å²) < 4.78 is 14.7. The summed E-state index contributed by atoms with van der Waals surface area (Å²) in [6.45, 7) is 4.93.